The smallest absolute Gasteiger partial charge is 0.335 e. The molecule has 2 aromatic rings. The fourth-order valence-corrected chi connectivity index (χ4v) is 2.05. The summed E-state index contributed by atoms with van der Waals surface area (Å²) < 4.78 is 5.57. The molecule has 0 unspecified atom stereocenters. The molecule has 116 valence electrons. The van der Waals surface area contributed by atoms with Gasteiger partial charge in [-0.1, -0.05) is 6.07 Å². The number of phenolic OH excluding ortho intramolecular Hbond substituents is 1. The zero-order valence-electron chi connectivity index (χ0n) is 12.4. The van der Waals surface area contributed by atoms with Crippen molar-refractivity contribution < 1.29 is 19.7 Å². The molecule has 0 aliphatic carbocycles. The molecule has 0 fully saturated rings. The topological polar surface area (TPSA) is 70.0 Å². The molecule has 0 heterocycles. The number of hydrogen-bond acceptors (Lipinski definition) is 4. The predicted octanol–water partition coefficient (Wildman–Crippen LogP) is 3.00. The molecule has 0 radical (unpaired) electrons. The fourth-order valence-electron chi connectivity index (χ4n) is 2.05. The third kappa shape index (κ3) is 4.41. The predicted molar refractivity (Wildman–Crippen MR) is 84.9 cm³/mol. The summed E-state index contributed by atoms with van der Waals surface area (Å²) >= 11 is 0. The number of carboxylic acids is 1. The molecule has 0 aliphatic rings. The van der Waals surface area contributed by atoms with Crippen LogP contribution >= 0.6 is 0 Å². The Morgan fingerprint density at radius 3 is 2.59 bits per heavy atom. The number of aromatic carboxylic acids is 1. The zero-order chi connectivity index (χ0) is 15.9. The SMILES string of the molecule is CN(CCCOc1cccc(C(=O)O)c1)c1ccc(O)cc1. The van der Waals surface area contributed by atoms with Gasteiger partial charge in [-0.05, 0) is 48.9 Å². The van der Waals surface area contributed by atoms with Gasteiger partial charge in [-0.2, -0.15) is 0 Å². The second kappa shape index (κ2) is 7.36. The van der Waals surface area contributed by atoms with Crippen LogP contribution in [0.15, 0.2) is 48.5 Å². The summed E-state index contributed by atoms with van der Waals surface area (Å²) in [5.74, 6) is -0.150. The van der Waals surface area contributed by atoms with E-state index in [4.69, 9.17) is 9.84 Å². The number of carboxylic acid groups (broad SMARTS) is 1. The molecule has 0 atom stereocenters. The van der Waals surface area contributed by atoms with Gasteiger partial charge in [0.1, 0.15) is 11.5 Å². The van der Waals surface area contributed by atoms with Gasteiger partial charge >= 0.3 is 5.97 Å². The average molecular weight is 301 g/mol. The van der Waals surface area contributed by atoms with Crippen LogP contribution in [-0.4, -0.2) is 36.4 Å². The Bertz CT molecular complexity index is 625. The van der Waals surface area contributed by atoms with Gasteiger partial charge in [0.05, 0.1) is 12.2 Å². The Hall–Kier alpha value is -2.69. The minimum absolute atomic E-state index is 0.221. The molecular weight excluding hydrogens is 282 g/mol. The Kier molecular flexibility index (Phi) is 5.25. The summed E-state index contributed by atoms with van der Waals surface area (Å²) in [5.41, 5.74) is 1.24. The van der Waals surface area contributed by atoms with E-state index in [1.54, 1.807) is 24.3 Å². The number of anilines is 1. The summed E-state index contributed by atoms with van der Waals surface area (Å²) in [6.07, 6.45) is 0.800. The molecule has 0 spiro atoms. The van der Waals surface area contributed by atoms with E-state index in [0.717, 1.165) is 18.7 Å². The molecule has 0 aliphatic heterocycles. The summed E-state index contributed by atoms with van der Waals surface area (Å²) in [5, 5.41) is 18.2. The Balaban J connectivity index is 1.78. The lowest BCUT2D eigenvalue weighted by atomic mass is 10.2. The van der Waals surface area contributed by atoms with E-state index >= 15 is 0 Å². The van der Waals surface area contributed by atoms with Gasteiger partial charge in [0.25, 0.3) is 0 Å². The van der Waals surface area contributed by atoms with E-state index in [0.29, 0.717) is 12.4 Å². The van der Waals surface area contributed by atoms with Crippen LogP contribution in [0.1, 0.15) is 16.8 Å². The summed E-state index contributed by atoms with van der Waals surface area (Å²) in [4.78, 5) is 12.9. The number of benzene rings is 2. The van der Waals surface area contributed by atoms with Crippen molar-refractivity contribution in [2.75, 3.05) is 25.1 Å². The molecule has 2 aromatic carbocycles. The maximum absolute atomic E-state index is 10.9. The van der Waals surface area contributed by atoms with Crippen LogP contribution in [0.25, 0.3) is 0 Å². The number of nitrogens with zero attached hydrogens (tertiary/aromatic N) is 1. The third-order valence-corrected chi connectivity index (χ3v) is 3.28. The number of carbonyl (C=O) groups is 1. The van der Waals surface area contributed by atoms with Crippen molar-refractivity contribution >= 4 is 11.7 Å². The van der Waals surface area contributed by atoms with Gasteiger partial charge in [0, 0.05) is 19.3 Å². The van der Waals surface area contributed by atoms with Gasteiger partial charge < -0.3 is 19.8 Å². The van der Waals surface area contributed by atoms with Crippen molar-refractivity contribution in [3.8, 4) is 11.5 Å². The molecular formula is C17H19NO4. The number of rotatable bonds is 7. The minimum Gasteiger partial charge on any atom is -0.508 e. The molecule has 22 heavy (non-hydrogen) atoms. The molecule has 0 saturated carbocycles. The maximum Gasteiger partial charge on any atom is 0.335 e. The number of hydrogen-bond donors (Lipinski definition) is 2. The quantitative estimate of drug-likeness (QED) is 0.769. The largest absolute Gasteiger partial charge is 0.508 e. The van der Waals surface area contributed by atoms with E-state index in [9.17, 15) is 9.90 Å². The number of ether oxygens (including phenoxy) is 1. The van der Waals surface area contributed by atoms with Gasteiger partial charge in [0.15, 0.2) is 0 Å². The summed E-state index contributed by atoms with van der Waals surface area (Å²) in [6, 6.07) is 13.5. The van der Waals surface area contributed by atoms with Gasteiger partial charge in [-0.25, -0.2) is 4.79 Å². The first-order valence-electron chi connectivity index (χ1n) is 7.02. The van der Waals surface area contributed by atoms with Crippen molar-refractivity contribution in [2.45, 2.75) is 6.42 Å². The van der Waals surface area contributed by atoms with E-state index in [1.807, 2.05) is 19.2 Å². The first kappa shape index (κ1) is 15.7. The number of aromatic hydroxyl groups is 1. The summed E-state index contributed by atoms with van der Waals surface area (Å²) in [6.45, 7) is 1.30. The van der Waals surface area contributed by atoms with Crippen molar-refractivity contribution in [3.05, 3.63) is 54.1 Å². The second-order valence-electron chi connectivity index (χ2n) is 4.97. The highest BCUT2D eigenvalue weighted by Gasteiger charge is 2.04. The average Bonchev–Trinajstić information content (AvgIpc) is 2.52. The van der Waals surface area contributed by atoms with Crippen LogP contribution in [0, 0.1) is 0 Å². The normalized spacial score (nSPS) is 10.2. The highest BCUT2D eigenvalue weighted by atomic mass is 16.5. The molecule has 2 N–H and O–H groups in total. The van der Waals surface area contributed by atoms with Gasteiger partial charge in [-0.3, -0.25) is 0 Å². The maximum atomic E-state index is 10.9. The van der Waals surface area contributed by atoms with Crippen LogP contribution < -0.4 is 9.64 Å². The third-order valence-electron chi connectivity index (χ3n) is 3.28. The van der Waals surface area contributed by atoms with E-state index in [-0.39, 0.29) is 11.3 Å². The van der Waals surface area contributed by atoms with Crippen LogP contribution in [-0.2, 0) is 0 Å². The Morgan fingerprint density at radius 1 is 1.18 bits per heavy atom. The van der Waals surface area contributed by atoms with Crippen LogP contribution in [0.5, 0.6) is 11.5 Å². The summed E-state index contributed by atoms with van der Waals surface area (Å²) in [7, 11) is 1.97. The second-order valence-corrected chi connectivity index (χ2v) is 4.97. The van der Waals surface area contributed by atoms with Crippen LogP contribution in [0.4, 0.5) is 5.69 Å². The lowest BCUT2D eigenvalue weighted by molar-refractivity contribution is 0.0696. The highest BCUT2D eigenvalue weighted by Crippen LogP contribution is 2.17. The fraction of sp³-hybridized carbons (Fsp3) is 0.235. The number of phenols is 1. The first-order chi connectivity index (χ1) is 10.6. The molecule has 0 bridgehead atoms. The van der Waals surface area contributed by atoms with Crippen LogP contribution in [0.3, 0.4) is 0 Å². The standard InChI is InChI=1S/C17H19NO4/c1-18(14-6-8-15(19)9-7-14)10-3-11-22-16-5-2-4-13(12-16)17(20)21/h2,4-9,12,19H,3,10-11H2,1H3,(H,20,21). The van der Waals surface area contributed by atoms with E-state index < -0.39 is 5.97 Å². The Labute approximate surface area is 129 Å². The van der Waals surface area contributed by atoms with Gasteiger partial charge in [0.2, 0.25) is 0 Å². The Morgan fingerprint density at radius 2 is 1.91 bits per heavy atom. The molecule has 0 aromatic heterocycles. The lowest BCUT2D eigenvalue weighted by Gasteiger charge is -2.19. The monoisotopic (exact) mass is 301 g/mol. The van der Waals surface area contributed by atoms with Crippen molar-refractivity contribution in [1.82, 2.24) is 0 Å². The first-order valence-corrected chi connectivity index (χ1v) is 7.02. The molecule has 5 heteroatoms. The molecule has 0 saturated heterocycles. The van der Waals surface area contributed by atoms with Crippen LogP contribution in [0.2, 0.25) is 0 Å². The van der Waals surface area contributed by atoms with Gasteiger partial charge in [-0.15, -0.1) is 0 Å². The van der Waals surface area contributed by atoms with Crippen molar-refractivity contribution in [2.24, 2.45) is 0 Å². The zero-order valence-corrected chi connectivity index (χ0v) is 12.4. The highest BCUT2D eigenvalue weighted by molar-refractivity contribution is 5.87. The molecule has 0 amide bonds. The lowest BCUT2D eigenvalue weighted by Crippen LogP contribution is -2.20. The van der Waals surface area contributed by atoms with E-state index in [1.165, 1.54) is 12.1 Å². The van der Waals surface area contributed by atoms with Crippen molar-refractivity contribution in [3.63, 3.8) is 0 Å². The minimum atomic E-state index is -0.961. The van der Waals surface area contributed by atoms with Crippen molar-refractivity contribution in [1.29, 1.82) is 0 Å². The van der Waals surface area contributed by atoms with E-state index in [2.05, 4.69) is 4.90 Å². The molecule has 5 nitrogen and oxygen atoms in total. The molecule has 2 rings (SSSR count).